The fourth-order valence-corrected chi connectivity index (χ4v) is 3.01. The third-order valence-electron chi connectivity index (χ3n) is 3.82. The average Bonchev–Trinajstić information content (AvgIpc) is 3.15. The van der Waals surface area contributed by atoms with E-state index in [4.69, 9.17) is 16.3 Å². The van der Waals surface area contributed by atoms with Crippen LogP contribution in [-0.4, -0.2) is 34.7 Å². The summed E-state index contributed by atoms with van der Waals surface area (Å²) in [5.41, 5.74) is 1.37. The number of H-pyrrole nitrogens is 1. The third kappa shape index (κ3) is 2.49. The minimum absolute atomic E-state index is 0.00742. The Morgan fingerprint density at radius 2 is 2.29 bits per heavy atom. The zero-order chi connectivity index (χ0) is 14.8. The van der Waals surface area contributed by atoms with Crippen LogP contribution in [0.25, 0.3) is 0 Å². The van der Waals surface area contributed by atoms with Crippen molar-refractivity contribution in [1.82, 2.24) is 15.1 Å². The van der Waals surface area contributed by atoms with Crippen LogP contribution in [0, 0.1) is 0 Å². The molecule has 1 aliphatic rings. The van der Waals surface area contributed by atoms with Crippen LogP contribution in [0.2, 0.25) is 5.02 Å². The van der Waals surface area contributed by atoms with Crippen molar-refractivity contribution >= 4 is 17.5 Å². The molecule has 0 spiro atoms. The van der Waals surface area contributed by atoms with Gasteiger partial charge in [0.15, 0.2) is 0 Å². The zero-order valence-electron chi connectivity index (χ0n) is 11.7. The summed E-state index contributed by atoms with van der Waals surface area (Å²) in [4.78, 5) is 14.5. The van der Waals surface area contributed by atoms with Gasteiger partial charge in [-0.2, -0.15) is 5.10 Å². The Morgan fingerprint density at radius 3 is 3.00 bits per heavy atom. The van der Waals surface area contributed by atoms with Gasteiger partial charge in [0.25, 0.3) is 5.91 Å². The smallest absolute Gasteiger partial charge is 0.273 e. The molecule has 0 saturated carbocycles. The van der Waals surface area contributed by atoms with E-state index in [1.165, 1.54) is 6.20 Å². The number of likely N-dealkylation sites (tertiary alicyclic amines) is 1. The Labute approximate surface area is 127 Å². The molecule has 3 rings (SSSR count). The Balaban J connectivity index is 1.93. The maximum absolute atomic E-state index is 12.6. The predicted octanol–water partition coefficient (Wildman–Crippen LogP) is 3.05. The van der Waals surface area contributed by atoms with Gasteiger partial charge in [0.05, 0.1) is 24.4 Å². The van der Waals surface area contributed by atoms with Gasteiger partial charge in [-0.15, -0.1) is 0 Å². The molecule has 2 heterocycles. The van der Waals surface area contributed by atoms with Crippen LogP contribution in [0.15, 0.2) is 30.5 Å². The molecule has 6 heteroatoms. The maximum Gasteiger partial charge on any atom is 0.273 e. The third-order valence-corrected chi connectivity index (χ3v) is 4.11. The number of hydrogen-bond acceptors (Lipinski definition) is 3. The highest BCUT2D eigenvalue weighted by Crippen LogP contribution is 2.37. The predicted molar refractivity (Wildman–Crippen MR) is 79.6 cm³/mol. The normalized spacial score (nSPS) is 18.0. The molecule has 0 radical (unpaired) electrons. The maximum atomic E-state index is 12.6. The summed E-state index contributed by atoms with van der Waals surface area (Å²) in [6, 6.07) is 7.81. The molecule has 1 aliphatic heterocycles. The number of amides is 1. The number of aromatic nitrogens is 2. The van der Waals surface area contributed by atoms with Crippen LogP contribution in [-0.2, 0) is 0 Å². The van der Waals surface area contributed by atoms with Gasteiger partial charge in [-0.3, -0.25) is 9.89 Å². The van der Waals surface area contributed by atoms with Gasteiger partial charge in [-0.05, 0) is 18.9 Å². The van der Waals surface area contributed by atoms with Gasteiger partial charge in [0.1, 0.15) is 11.4 Å². The van der Waals surface area contributed by atoms with Gasteiger partial charge >= 0.3 is 0 Å². The number of carbonyl (C=O) groups excluding carboxylic acids is 1. The SMILES string of the molecule is COc1ccccc1[C@@H]1CCCN1C(=O)c1[nH]ncc1Cl. The van der Waals surface area contributed by atoms with Crippen LogP contribution < -0.4 is 4.74 Å². The zero-order valence-corrected chi connectivity index (χ0v) is 12.4. The van der Waals surface area contributed by atoms with Gasteiger partial charge in [0.2, 0.25) is 0 Å². The fraction of sp³-hybridized carbons (Fsp3) is 0.333. The Bertz CT molecular complexity index is 656. The van der Waals surface area contributed by atoms with Gasteiger partial charge in [0, 0.05) is 12.1 Å². The molecule has 110 valence electrons. The van der Waals surface area contributed by atoms with Gasteiger partial charge in [-0.25, -0.2) is 0 Å². The van der Waals surface area contributed by atoms with E-state index in [1.807, 2.05) is 29.2 Å². The first-order valence-electron chi connectivity index (χ1n) is 6.85. The van der Waals surface area contributed by atoms with Crippen molar-refractivity contribution in [3.63, 3.8) is 0 Å². The first-order valence-corrected chi connectivity index (χ1v) is 7.23. The number of nitrogens with one attached hydrogen (secondary N) is 1. The number of carbonyl (C=O) groups is 1. The summed E-state index contributed by atoms with van der Waals surface area (Å²) < 4.78 is 5.42. The second-order valence-corrected chi connectivity index (χ2v) is 5.40. The van der Waals surface area contributed by atoms with E-state index in [9.17, 15) is 4.79 Å². The summed E-state index contributed by atoms with van der Waals surface area (Å²) in [5.74, 6) is 0.684. The number of para-hydroxylation sites is 1. The minimum Gasteiger partial charge on any atom is -0.496 e. The first-order chi connectivity index (χ1) is 10.2. The second-order valence-electron chi connectivity index (χ2n) is 4.99. The van der Waals surface area contributed by atoms with Crippen molar-refractivity contribution in [2.24, 2.45) is 0 Å². The molecule has 5 nitrogen and oxygen atoms in total. The molecule has 0 unspecified atom stereocenters. The van der Waals surface area contributed by atoms with Crippen molar-refractivity contribution in [2.45, 2.75) is 18.9 Å². The molecule has 21 heavy (non-hydrogen) atoms. The van der Waals surface area contributed by atoms with Crippen molar-refractivity contribution < 1.29 is 9.53 Å². The Hall–Kier alpha value is -2.01. The van der Waals surface area contributed by atoms with Gasteiger partial charge in [-0.1, -0.05) is 29.8 Å². The summed E-state index contributed by atoms with van der Waals surface area (Å²) >= 11 is 6.00. The number of methoxy groups -OCH3 is 1. The minimum atomic E-state index is -0.120. The number of ether oxygens (including phenoxy) is 1. The molecule has 1 atom stereocenters. The summed E-state index contributed by atoms with van der Waals surface area (Å²) in [6.07, 6.45) is 3.32. The number of nitrogens with zero attached hydrogens (tertiary/aromatic N) is 2. The standard InChI is InChI=1S/C15H16ClN3O2/c1-21-13-7-3-2-5-10(13)12-6-4-8-19(12)15(20)14-11(16)9-17-18-14/h2-3,5,7,9,12H,4,6,8H2,1H3,(H,17,18)/t12-/m0/s1. The molecule has 1 fully saturated rings. The van der Waals surface area contributed by atoms with Crippen molar-refractivity contribution in [1.29, 1.82) is 0 Å². The van der Waals surface area contributed by atoms with Crippen LogP contribution in [0.5, 0.6) is 5.75 Å². The molecular weight excluding hydrogens is 290 g/mol. The second kappa shape index (κ2) is 5.77. The number of rotatable bonds is 3. The van der Waals surface area contributed by atoms with E-state index in [-0.39, 0.29) is 11.9 Å². The van der Waals surface area contributed by atoms with Crippen LogP contribution in [0.1, 0.15) is 34.9 Å². The lowest BCUT2D eigenvalue weighted by Crippen LogP contribution is -2.31. The monoisotopic (exact) mass is 305 g/mol. The molecule has 1 aromatic carbocycles. The van der Waals surface area contributed by atoms with Crippen molar-refractivity contribution in [3.8, 4) is 5.75 Å². The molecule has 1 saturated heterocycles. The van der Waals surface area contributed by atoms with Crippen LogP contribution in [0.4, 0.5) is 0 Å². The molecule has 1 N–H and O–H groups in total. The Kier molecular flexibility index (Phi) is 3.84. The van der Waals surface area contributed by atoms with E-state index >= 15 is 0 Å². The quantitative estimate of drug-likeness (QED) is 0.948. The lowest BCUT2D eigenvalue weighted by Gasteiger charge is -2.26. The largest absolute Gasteiger partial charge is 0.496 e. The van der Waals surface area contributed by atoms with E-state index in [2.05, 4.69) is 10.2 Å². The fourth-order valence-electron chi connectivity index (χ4n) is 2.84. The number of hydrogen-bond donors (Lipinski definition) is 1. The highest BCUT2D eigenvalue weighted by atomic mass is 35.5. The van der Waals surface area contributed by atoms with E-state index in [0.29, 0.717) is 17.3 Å². The highest BCUT2D eigenvalue weighted by molar-refractivity contribution is 6.33. The van der Waals surface area contributed by atoms with Crippen LogP contribution >= 0.6 is 11.6 Å². The van der Waals surface area contributed by atoms with Gasteiger partial charge < -0.3 is 9.64 Å². The van der Waals surface area contributed by atoms with Crippen molar-refractivity contribution in [3.05, 3.63) is 46.7 Å². The van der Waals surface area contributed by atoms with Crippen molar-refractivity contribution in [2.75, 3.05) is 13.7 Å². The summed E-state index contributed by atoms with van der Waals surface area (Å²) in [6.45, 7) is 0.705. The van der Waals surface area contributed by atoms with E-state index in [1.54, 1.807) is 7.11 Å². The highest BCUT2D eigenvalue weighted by Gasteiger charge is 2.33. The first kappa shape index (κ1) is 13.9. The lowest BCUT2D eigenvalue weighted by atomic mass is 10.0. The molecule has 0 aliphatic carbocycles. The molecule has 2 aromatic rings. The molecular formula is C15H16ClN3O2. The summed E-state index contributed by atoms with van der Waals surface area (Å²) in [5, 5.41) is 6.85. The lowest BCUT2D eigenvalue weighted by molar-refractivity contribution is 0.0728. The molecule has 0 bridgehead atoms. The molecule has 1 aromatic heterocycles. The van der Waals surface area contributed by atoms with E-state index in [0.717, 1.165) is 24.2 Å². The van der Waals surface area contributed by atoms with Crippen LogP contribution in [0.3, 0.4) is 0 Å². The number of halogens is 1. The topological polar surface area (TPSA) is 58.2 Å². The number of benzene rings is 1. The Morgan fingerprint density at radius 1 is 1.48 bits per heavy atom. The molecule has 1 amide bonds. The average molecular weight is 306 g/mol. The van der Waals surface area contributed by atoms with E-state index < -0.39 is 0 Å². The number of aromatic amines is 1. The summed E-state index contributed by atoms with van der Waals surface area (Å²) in [7, 11) is 1.64.